The molecule has 1 atom stereocenters. The van der Waals surface area contributed by atoms with Gasteiger partial charge in [0.1, 0.15) is 0 Å². The zero-order chi connectivity index (χ0) is 19.7. The highest BCUT2D eigenvalue weighted by Crippen LogP contribution is 2.44. The summed E-state index contributed by atoms with van der Waals surface area (Å²) in [5.41, 5.74) is 0.530. The van der Waals surface area contributed by atoms with Gasteiger partial charge in [0, 0.05) is 27.1 Å². The molecule has 1 aliphatic carbocycles. The minimum atomic E-state index is -0.461. The van der Waals surface area contributed by atoms with Crippen LogP contribution in [0.1, 0.15) is 59.0 Å². The molecule has 0 saturated heterocycles. The number of fused-ring (bicyclic) bond motifs is 1. The number of carbonyl (C=O) groups is 1. The van der Waals surface area contributed by atoms with Gasteiger partial charge in [-0.15, -0.1) is 11.3 Å². The van der Waals surface area contributed by atoms with Crippen LogP contribution in [-0.2, 0) is 5.41 Å². The fraction of sp³-hybridized carbons (Fsp3) is 0.409. The van der Waals surface area contributed by atoms with Gasteiger partial charge in [0.25, 0.3) is 5.91 Å². The Morgan fingerprint density at radius 1 is 1.32 bits per heavy atom. The number of rotatable bonds is 6. The average molecular weight is 400 g/mol. The van der Waals surface area contributed by atoms with Crippen molar-refractivity contribution >= 4 is 28.2 Å². The highest BCUT2D eigenvalue weighted by atomic mass is 32.1. The first-order valence-corrected chi connectivity index (χ1v) is 10.5. The van der Waals surface area contributed by atoms with E-state index in [-0.39, 0.29) is 11.3 Å². The van der Waals surface area contributed by atoms with E-state index in [9.17, 15) is 9.90 Å². The molecule has 0 spiro atoms. The third kappa shape index (κ3) is 3.42. The molecular formula is C22H25NO4S. The van der Waals surface area contributed by atoms with E-state index in [1.54, 1.807) is 31.4 Å². The zero-order valence-corrected chi connectivity index (χ0v) is 17.0. The number of furan rings is 1. The van der Waals surface area contributed by atoms with Crippen LogP contribution in [0, 0.1) is 0 Å². The average Bonchev–Trinajstić information content (AvgIpc) is 3.44. The van der Waals surface area contributed by atoms with Crippen LogP contribution in [0.5, 0.6) is 5.75 Å². The van der Waals surface area contributed by atoms with Crippen molar-refractivity contribution in [3.8, 4) is 5.75 Å². The molecule has 148 valence electrons. The number of methoxy groups -OCH3 is 1. The smallest absolute Gasteiger partial charge is 0.287 e. The lowest BCUT2D eigenvalue weighted by Gasteiger charge is -2.28. The number of para-hydroxylation sites is 1. The molecule has 1 fully saturated rings. The molecule has 3 aromatic rings. The summed E-state index contributed by atoms with van der Waals surface area (Å²) in [5.74, 6) is 0.702. The van der Waals surface area contributed by atoms with Crippen molar-refractivity contribution in [1.82, 2.24) is 5.32 Å². The predicted molar refractivity (Wildman–Crippen MR) is 110 cm³/mol. The van der Waals surface area contributed by atoms with E-state index in [0.29, 0.717) is 23.6 Å². The van der Waals surface area contributed by atoms with Gasteiger partial charge in [-0.25, -0.2) is 0 Å². The molecule has 28 heavy (non-hydrogen) atoms. The first kappa shape index (κ1) is 19.0. The summed E-state index contributed by atoms with van der Waals surface area (Å²) >= 11 is 1.65. The van der Waals surface area contributed by atoms with E-state index in [1.165, 1.54) is 4.88 Å². The molecule has 2 aromatic heterocycles. The highest BCUT2D eigenvalue weighted by molar-refractivity contribution is 7.12. The Balaban J connectivity index is 1.53. The van der Waals surface area contributed by atoms with Gasteiger partial charge in [-0.3, -0.25) is 4.79 Å². The second-order valence-corrected chi connectivity index (χ2v) is 8.65. The predicted octanol–water partition coefficient (Wildman–Crippen LogP) is 4.80. The second-order valence-electron chi connectivity index (χ2n) is 7.54. The summed E-state index contributed by atoms with van der Waals surface area (Å²) in [5, 5.41) is 13.8. The topological polar surface area (TPSA) is 71.7 Å². The van der Waals surface area contributed by atoms with Crippen LogP contribution in [-0.4, -0.2) is 24.7 Å². The van der Waals surface area contributed by atoms with Crippen molar-refractivity contribution in [2.45, 2.75) is 44.1 Å². The van der Waals surface area contributed by atoms with Gasteiger partial charge in [-0.2, -0.15) is 0 Å². The molecule has 1 aromatic carbocycles. The zero-order valence-electron chi connectivity index (χ0n) is 16.2. The van der Waals surface area contributed by atoms with E-state index in [4.69, 9.17) is 9.15 Å². The summed E-state index contributed by atoms with van der Waals surface area (Å²) < 4.78 is 11.1. The highest BCUT2D eigenvalue weighted by Gasteiger charge is 2.37. The van der Waals surface area contributed by atoms with E-state index >= 15 is 0 Å². The Bertz CT molecular complexity index is 982. The Labute approximate surface area is 168 Å². The van der Waals surface area contributed by atoms with Gasteiger partial charge in [-0.1, -0.05) is 25.0 Å². The third-order valence-corrected chi connectivity index (χ3v) is 7.16. The van der Waals surface area contributed by atoms with Crippen LogP contribution in [0.15, 0.2) is 40.8 Å². The largest absolute Gasteiger partial charge is 0.493 e. The van der Waals surface area contributed by atoms with Crippen LogP contribution < -0.4 is 10.1 Å². The van der Waals surface area contributed by atoms with Crippen LogP contribution in [0.2, 0.25) is 0 Å². The van der Waals surface area contributed by atoms with Gasteiger partial charge in [0.15, 0.2) is 17.1 Å². The third-order valence-electron chi connectivity index (χ3n) is 5.66. The molecule has 6 heteroatoms. The van der Waals surface area contributed by atoms with Gasteiger partial charge >= 0.3 is 0 Å². The Morgan fingerprint density at radius 3 is 2.79 bits per heavy atom. The maximum atomic E-state index is 12.8. The maximum Gasteiger partial charge on any atom is 0.287 e. The van der Waals surface area contributed by atoms with Crippen molar-refractivity contribution in [1.29, 1.82) is 0 Å². The summed E-state index contributed by atoms with van der Waals surface area (Å²) in [6, 6.07) is 11.5. The number of nitrogens with one attached hydrogen (secondary N) is 1. The first-order chi connectivity index (χ1) is 13.5. The molecule has 5 nitrogen and oxygen atoms in total. The number of hydrogen-bond acceptors (Lipinski definition) is 5. The number of hydrogen-bond donors (Lipinski definition) is 2. The quantitative estimate of drug-likeness (QED) is 0.625. The summed E-state index contributed by atoms with van der Waals surface area (Å²) in [7, 11) is 1.59. The fourth-order valence-corrected chi connectivity index (χ4v) is 5.26. The summed E-state index contributed by atoms with van der Waals surface area (Å²) in [4.78, 5) is 15.0. The molecule has 4 rings (SSSR count). The molecule has 0 aliphatic heterocycles. The van der Waals surface area contributed by atoms with Crippen molar-refractivity contribution in [2.24, 2.45) is 0 Å². The summed E-state index contributed by atoms with van der Waals surface area (Å²) in [6.45, 7) is 2.36. The number of aliphatic hydroxyl groups is 1. The molecular weight excluding hydrogens is 374 g/mol. The number of ether oxygens (including phenoxy) is 1. The number of benzene rings is 1. The SMILES string of the molecule is COc1cccc2cc(C(=O)NCC3(c4ccc(C(C)O)s4)CCCC3)oc12. The minimum Gasteiger partial charge on any atom is -0.493 e. The van der Waals surface area contributed by atoms with Crippen molar-refractivity contribution < 1.29 is 19.1 Å². The van der Waals surface area contributed by atoms with Crippen LogP contribution in [0.4, 0.5) is 0 Å². The van der Waals surface area contributed by atoms with Gasteiger partial charge in [0.2, 0.25) is 0 Å². The van der Waals surface area contributed by atoms with E-state index in [2.05, 4.69) is 11.4 Å². The van der Waals surface area contributed by atoms with Gasteiger partial charge < -0.3 is 19.6 Å². The Kier molecular flexibility index (Phi) is 5.17. The molecule has 1 saturated carbocycles. The number of carbonyl (C=O) groups excluding carboxylic acids is 1. The second kappa shape index (κ2) is 7.60. The number of thiophene rings is 1. The summed E-state index contributed by atoms with van der Waals surface area (Å²) in [6.07, 6.45) is 3.93. The number of aliphatic hydroxyl groups excluding tert-OH is 1. The van der Waals surface area contributed by atoms with Gasteiger partial charge in [0.05, 0.1) is 13.2 Å². The van der Waals surface area contributed by atoms with Crippen LogP contribution in [0.25, 0.3) is 11.0 Å². The molecule has 2 heterocycles. The van der Waals surface area contributed by atoms with Gasteiger partial charge in [-0.05, 0) is 44.0 Å². The van der Waals surface area contributed by atoms with Crippen LogP contribution in [0.3, 0.4) is 0 Å². The monoisotopic (exact) mass is 399 g/mol. The van der Waals surface area contributed by atoms with Crippen molar-refractivity contribution in [3.63, 3.8) is 0 Å². The molecule has 0 radical (unpaired) electrons. The maximum absolute atomic E-state index is 12.8. The molecule has 2 N–H and O–H groups in total. The standard InChI is InChI=1S/C22H25NO4S/c1-14(24)18-8-9-19(28-18)22(10-3-4-11-22)13-23-21(25)17-12-15-6-5-7-16(26-2)20(15)27-17/h5-9,12,14,24H,3-4,10-11,13H2,1-2H3,(H,23,25). The molecule has 1 aliphatic rings. The minimum absolute atomic E-state index is 0.0584. The molecule has 1 amide bonds. The first-order valence-electron chi connectivity index (χ1n) is 9.65. The fourth-order valence-electron chi connectivity index (χ4n) is 4.07. The van der Waals surface area contributed by atoms with E-state index in [0.717, 1.165) is 35.9 Å². The normalized spacial score (nSPS) is 17.0. The molecule has 0 bridgehead atoms. The lowest BCUT2D eigenvalue weighted by Crippen LogP contribution is -2.38. The Morgan fingerprint density at radius 2 is 2.11 bits per heavy atom. The Hall–Kier alpha value is -2.31. The van der Waals surface area contributed by atoms with E-state index < -0.39 is 6.10 Å². The van der Waals surface area contributed by atoms with Crippen molar-refractivity contribution in [2.75, 3.05) is 13.7 Å². The number of amides is 1. The van der Waals surface area contributed by atoms with E-state index in [1.807, 2.05) is 24.3 Å². The molecule has 1 unspecified atom stereocenters. The lowest BCUT2D eigenvalue weighted by molar-refractivity contribution is 0.0917. The lowest BCUT2D eigenvalue weighted by atomic mass is 9.84. The van der Waals surface area contributed by atoms with Crippen LogP contribution >= 0.6 is 11.3 Å². The van der Waals surface area contributed by atoms with Crippen molar-refractivity contribution in [3.05, 3.63) is 51.9 Å².